The summed E-state index contributed by atoms with van der Waals surface area (Å²) >= 11 is 0. The molecule has 0 bridgehead atoms. The molecule has 2 fully saturated rings. The average molecular weight is 352 g/mol. The van der Waals surface area contributed by atoms with Gasteiger partial charge in [-0.15, -0.1) is 0 Å². The fourth-order valence-electron chi connectivity index (χ4n) is 3.44. The Hall–Kier alpha value is -1.30. The van der Waals surface area contributed by atoms with Gasteiger partial charge in [-0.2, -0.15) is 0 Å². The Labute approximate surface area is 153 Å². The van der Waals surface area contributed by atoms with Gasteiger partial charge >= 0.3 is 0 Å². The van der Waals surface area contributed by atoms with E-state index in [1.54, 1.807) is 0 Å². The van der Waals surface area contributed by atoms with Gasteiger partial charge in [0, 0.05) is 37.1 Å². The zero-order valence-electron chi connectivity index (χ0n) is 16.8. The molecule has 0 aromatic carbocycles. The second-order valence-electron chi connectivity index (χ2n) is 8.30. The fourth-order valence-corrected chi connectivity index (χ4v) is 3.44. The standard InChI is InChI=1S/C19H37N5O/c1-6-20-18(21-14-19(2,3)23(4)5)22-16-11-12-24(13-16)17(25)15-9-7-8-10-15/h15-16H,6-14H2,1-5H3,(H2,20,21,22). The maximum absolute atomic E-state index is 12.6. The van der Waals surface area contributed by atoms with Crippen molar-refractivity contribution in [1.29, 1.82) is 0 Å². The SMILES string of the molecule is CCNC(=NCC(C)(C)N(C)C)NC1CCN(C(=O)C2CCCC2)C1. The minimum atomic E-state index is 0.0164. The average Bonchev–Trinajstić information content (AvgIpc) is 3.24. The van der Waals surface area contributed by atoms with Gasteiger partial charge in [-0.1, -0.05) is 12.8 Å². The minimum absolute atomic E-state index is 0.0164. The Kier molecular flexibility index (Phi) is 7.11. The summed E-state index contributed by atoms with van der Waals surface area (Å²) in [5, 5.41) is 6.87. The highest BCUT2D eigenvalue weighted by atomic mass is 16.2. The van der Waals surface area contributed by atoms with Crippen LogP contribution in [0.5, 0.6) is 0 Å². The van der Waals surface area contributed by atoms with E-state index in [0.717, 1.165) is 51.4 Å². The van der Waals surface area contributed by atoms with Gasteiger partial charge in [-0.25, -0.2) is 0 Å². The number of hydrogen-bond acceptors (Lipinski definition) is 3. The molecule has 1 amide bonds. The van der Waals surface area contributed by atoms with E-state index in [-0.39, 0.29) is 11.5 Å². The van der Waals surface area contributed by atoms with Crippen molar-refractivity contribution >= 4 is 11.9 Å². The number of hydrogen-bond donors (Lipinski definition) is 2. The highest BCUT2D eigenvalue weighted by Crippen LogP contribution is 2.27. The van der Waals surface area contributed by atoms with E-state index in [2.05, 4.69) is 55.3 Å². The number of rotatable bonds is 6. The van der Waals surface area contributed by atoms with Gasteiger partial charge in [0.2, 0.25) is 5.91 Å². The Morgan fingerprint density at radius 3 is 2.52 bits per heavy atom. The lowest BCUT2D eigenvalue weighted by Gasteiger charge is -2.31. The highest BCUT2D eigenvalue weighted by molar-refractivity contribution is 5.81. The lowest BCUT2D eigenvalue weighted by Crippen LogP contribution is -2.47. The number of likely N-dealkylation sites (N-methyl/N-ethyl adjacent to an activating group) is 1. The van der Waals surface area contributed by atoms with Crippen molar-refractivity contribution in [3.05, 3.63) is 0 Å². The third-order valence-corrected chi connectivity index (χ3v) is 5.72. The van der Waals surface area contributed by atoms with E-state index in [9.17, 15) is 4.79 Å². The molecule has 1 saturated carbocycles. The van der Waals surface area contributed by atoms with Crippen LogP contribution in [0.1, 0.15) is 52.9 Å². The van der Waals surface area contributed by atoms with Crippen LogP contribution < -0.4 is 10.6 Å². The molecular formula is C19H37N5O. The van der Waals surface area contributed by atoms with E-state index < -0.39 is 0 Å². The summed E-state index contributed by atoms with van der Waals surface area (Å²) in [5.41, 5.74) is 0.0164. The molecule has 25 heavy (non-hydrogen) atoms. The molecule has 1 saturated heterocycles. The summed E-state index contributed by atoms with van der Waals surface area (Å²) in [4.78, 5) is 21.6. The van der Waals surface area contributed by atoms with Crippen LogP contribution in [-0.2, 0) is 4.79 Å². The summed E-state index contributed by atoms with van der Waals surface area (Å²) in [6, 6.07) is 0.297. The summed E-state index contributed by atoms with van der Waals surface area (Å²) in [7, 11) is 4.17. The molecule has 2 aliphatic rings. The molecule has 1 heterocycles. The molecule has 1 aliphatic carbocycles. The Morgan fingerprint density at radius 2 is 1.92 bits per heavy atom. The van der Waals surface area contributed by atoms with Crippen molar-refractivity contribution in [3.8, 4) is 0 Å². The van der Waals surface area contributed by atoms with Crippen LogP contribution in [0.3, 0.4) is 0 Å². The number of nitrogens with zero attached hydrogens (tertiary/aromatic N) is 3. The van der Waals surface area contributed by atoms with E-state index in [4.69, 9.17) is 4.99 Å². The smallest absolute Gasteiger partial charge is 0.225 e. The van der Waals surface area contributed by atoms with Crippen molar-refractivity contribution in [1.82, 2.24) is 20.4 Å². The summed E-state index contributed by atoms with van der Waals surface area (Å²) in [6.07, 6.45) is 5.59. The number of nitrogens with one attached hydrogen (secondary N) is 2. The quantitative estimate of drug-likeness (QED) is 0.565. The first-order valence-electron chi connectivity index (χ1n) is 9.84. The van der Waals surface area contributed by atoms with Crippen molar-refractivity contribution in [2.24, 2.45) is 10.9 Å². The van der Waals surface area contributed by atoms with Gasteiger partial charge in [0.25, 0.3) is 0 Å². The molecule has 1 unspecified atom stereocenters. The lowest BCUT2D eigenvalue weighted by molar-refractivity contribution is -0.134. The van der Waals surface area contributed by atoms with Crippen molar-refractivity contribution in [2.45, 2.75) is 64.5 Å². The molecule has 0 aromatic rings. The predicted octanol–water partition coefficient (Wildman–Crippen LogP) is 1.67. The van der Waals surface area contributed by atoms with E-state index >= 15 is 0 Å². The molecule has 0 aromatic heterocycles. The fraction of sp³-hybridized carbons (Fsp3) is 0.895. The monoisotopic (exact) mass is 351 g/mol. The second-order valence-corrected chi connectivity index (χ2v) is 8.30. The third-order valence-electron chi connectivity index (χ3n) is 5.72. The molecule has 1 atom stereocenters. The van der Waals surface area contributed by atoms with E-state index in [1.165, 1.54) is 12.8 Å². The molecule has 144 valence electrons. The maximum Gasteiger partial charge on any atom is 0.225 e. The summed E-state index contributed by atoms with van der Waals surface area (Å²) in [5.74, 6) is 1.51. The van der Waals surface area contributed by atoms with Gasteiger partial charge in [0.05, 0.1) is 6.54 Å². The Balaban J connectivity index is 1.88. The number of likely N-dealkylation sites (tertiary alicyclic amines) is 1. The van der Waals surface area contributed by atoms with E-state index in [1.807, 2.05) is 0 Å². The number of carbonyl (C=O) groups is 1. The maximum atomic E-state index is 12.6. The Bertz CT molecular complexity index is 468. The van der Waals surface area contributed by atoms with Gasteiger partial charge in [-0.3, -0.25) is 9.79 Å². The van der Waals surface area contributed by atoms with Gasteiger partial charge in [0.1, 0.15) is 0 Å². The zero-order chi connectivity index (χ0) is 18.4. The van der Waals surface area contributed by atoms with Gasteiger partial charge in [0.15, 0.2) is 5.96 Å². The second kappa shape index (κ2) is 8.88. The van der Waals surface area contributed by atoms with Gasteiger partial charge in [-0.05, 0) is 54.1 Å². The molecule has 6 heteroatoms. The Morgan fingerprint density at radius 1 is 1.24 bits per heavy atom. The lowest BCUT2D eigenvalue weighted by atomic mass is 10.1. The van der Waals surface area contributed by atoms with Crippen LogP contribution in [-0.4, -0.2) is 73.5 Å². The van der Waals surface area contributed by atoms with Gasteiger partial charge < -0.3 is 20.4 Å². The highest BCUT2D eigenvalue weighted by Gasteiger charge is 2.32. The number of guanidine groups is 1. The largest absolute Gasteiger partial charge is 0.357 e. The molecule has 2 N–H and O–H groups in total. The molecule has 0 radical (unpaired) electrons. The molecular weight excluding hydrogens is 314 g/mol. The first kappa shape index (κ1) is 20.0. The summed E-state index contributed by atoms with van der Waals surface area (Å²) in [6.45, 7) is 9.71. The number of carbonyl (C=O) groups excluding carboxylic acids is 1. The third kappa shape index (κ3) is 5.59. The van der Waals surface area contributed by atoms with Crippen LogP contribution in [0.15, 0.2) is 4.99 Å². The first-order chi connectivity index (χ1) is 11.8. The van der Waals surface area contributed by atoms with Crippen LogP contribution in [0.2, 0.25) is 0 Å². The van der Waals surface area contributed by atoms with Crippen LogP contribution in [0.4, 0.5) is 0 Å². The topological polar surface area (TPSA) is 60.0 Å². The molecule has 1 aliphatic heterocycles. The number of amides is 1. The molecule has 2 rings (SSSR count). The van der Waals surface area contributed by atoms with E-state index in [0.29, 0.717) is 11.9 Å². The van der Waals surface area contributed by atoms with Crippen LogP contribution in [0, 0.1) is 5.92 Å². The first-order valence-corrected chi connectivity index (χ1v) is 9.84. The van der Waals surface area contributed by atoms with Crippen LogP contribution in [0.25, 0.3) is 0 Å². The van der Waals surface area contributed by atoms with Crippen molar-refractivity contribution in [2.75, 3.05) is 40.3 Å². The normalized spacial score (nSPS) is 22.7. The van der Waals surface area contributed by atoms with Crippen molar-refractivity contribution < 1.29 is 4.79 Å². The molecule has 0 spiro atoms. The number of aliphatic imine (C=N–C) groups is 1. The zero-order valence-corrected chi connectivity index (χ0v) is 16.8. The van der Waals surface area contributed by atoms with Crippen molar-refractivity contribution in [3.63, 3.8) is 0 Å². The van der Waals surface area contributed by atoms with Crippen LogP contribution >= 0.6 is 0 Å². The predicted molar refractivity (Wildman–Crippen MR) is 104 cm³/mol. The summed E-state index contributed by atoms with van der Waals surface area (Å²) < 4.78 is 0. The molecule has 6 nitrogen and oxygen atoms in total. The minimum Gasteiger partial charge on any atom is -0.357 e.